The van der Waals surface area contributed by atoms with Gasteiger partial charge >= 0.3 is 0 Å². The summed E-state index contributed by atoms with van der Waals surface area (Å²) in [7, 11) is 1.61. The molecule has 1 N–H and O–H groups in total. The molecular weight excluding hydrogens is 384 g/mol. The van der Waals surface area contributed by atoms with E-state index in [0.29, 0.717) is 17.4 Å². The zero-order chi connectivity index (χ0) is 21.0. The third kappa shape index (κ3) is 4.65. The Hall–Kier alpha value is -2.73. The van der Waals surface area contributed by atoms with E-state index in [1.54, 1.807) is 29.8 Å². The fourth-order valence-electron chi connectivity index (χ4n) is 3.30. The Balaban J connectivity index is 1.76. The molecule has 5 nitrogen and oxygen atoms in total. The highest BCUT2D eigenvalue weighted by molar-refractivity contribution is 7.99. The molecule has 0 aromatic heterocycles. The van der Waals surface area contributed by atoms with Crippen LogP contribution >= 0.6 is 11.8 Å². The van der Waals surface area contributed by atoms with Gasteiger partial charge in [-0.05, 0) is 49.6 Å². The average Bonchev–Trinajstić information content (AvgIpc) is 3.21. The number of ether oxygens (including phenoxy) is 1. The van der Waals surface area contributed by atoms with Crippen molar-refractivity contribution >= 4 is 34.8 Å². The van der Waals surface area contributed by atoms with Crippen LogP contribution in [0.25, 0.3) is 5.57 Å². The molecule has 2 amide bonds. The first-order chi connectivity index (χ1) is 13.9. The molecule has 0 spiro atoms. The highest BCUT2D eigenvalue weighted by Crippen LogP contribution is 2.28. The largest absolute Gasteiger partial charge is 0.496 e. The number of para-hydroxylation sites is 1. The van der Waals surface area contributed by atoms with E-state index in [1.807, 2.05) is 63.2 Å². The van der Waals surface area contributed by atoms with Crippen LogP contribution in [-0.4, -0.2) is 41.5 Å². The lowest BCUT2D eigenvalue weighted by molar-refractivity contribution is -0.132. The molecule has 1 fully saturated rings. The van der Waals surface area contributed by atoms with E-state index in [1.165, 1.54) is 0 Å². The minimum atomic E-state index is -0.492. The Bertz CT molecular complexity index is 955. The number of carbonyl (C=O) groups excluding carboxylic acids is 2. The Kier molecular flexibility index (Phi) is 6.64. The van der Waals surface area contributed by atoms with Crippen molar-refractivity contribution in [3.05, 3.63) is 65.2 Å². The van der Waals surface area contributed by atoms with Gasteiger partial charge in [0.2, 0.25) is 11.8 Å². The van der Waals surface area contributed by atoms with Crippen LogP contribution in [0.2, 0.25) is 0 Å². The van der Waals surface area contributed by atoms with Gasteiger partial charge in [-0.25, -0.2) is 0 Å². The summed E-state index contributed by atoms with van der Waals surface area (Å²) in [5.74, 6) is 1.48. The molecule has 29 heavy (non-hydrogen) atoms. The maximum absolute atomic E-state index is 12.9. The number of aryl methyl sites for hydroxylation is 1. The van der Waals surface area contributed by atoms with Crippen molar-refractivity contribution in [1.82, 2.24) is 4.90 Å². The van der Waals surface area contributed by atoms with E-state index in [-0.39, 0.29) is 11.8 Å². The number of rotatable bonds is 5. The molecule has 1 unspecified atom stereocenters. The second-order valence-electron chi connectivity index (χ2n) is 7.09. The van der Waals surface area contributed by atoms with E-state index in [4.69, 9.17) is 4.74 Å². The Morgan fingerprint density at radius 3 is 2.69 bits per heavy atom. The molecule has 1 aliphatic rings. The number of hydrogen-bond donors (Lipinski definition) is 1. The van der Waals surface area contributed by atoms with Crippen molar-refractivity contribution in [1.29, 1.82) is 0 Å². The lowest BCUT2D eigenvalue weighted by Crippen LogP contribution is -2.44. The fraction of sp³-hybridized carbons (Fsp3) is 0.304. The summed E-state index contributed by atoms with van der Waals surface area (Å²) in [5.41, 5.74) is 4.62. The summed E-state index contributed by atoms with van der Waals surface area (Å²) in [6.45, 7) is 5.87. The van der Waals surface area contributed by atoms with Crippen LogP contribution < -0.4 is 10.1 Å². The number of allylic oxidation sites excluding steroid dienone is 1. The van der Waals surface area contributed by atoms with E-state index < -0.39 is 6.04 Å². The predicted octanol–water partition coefficient (Wildman–Crippen LogP) is 4.26. The Morgan fingerprint density at radius 1 is 1.17 bits per heavy atom. The molecule has 1 saturated heterocycles. The van der Waals surface area contributed by atoms with Crippen LogP contribution in [0, 0.1) is 13.8 Å². The molecule has 1 aliphatic heterocycles. The lowest BCUT2D eigenvalue weighted by atomic mass is 10.1. The van der Waals surface area contributed by atoms with Crippen molar-refractivity contribution in [2.75, 3.05) is 24.1 Å². The highest BCUT2D eigenvalue weighted by atomic mass is 32.2. The molecule has 2 aromatic rings. The number of anilines is 1. The van der Waals surface area contributed by atoms with Crippen molar-refractivity contribution in [2.24, 2.45) is 0 Å². The number of carbonyl (C=O) groups is 2. The summed E-state index contributed by atoms with van der Waals surface area (Å²) >= 11 is 1.59. The summed E-state index contributed by atoms with van der Waals surface area (Å²) in [6, 6.07) is 12.9. The number of methoxy groups -OCH3 is 1. The zero-order valence-electron chi connectivity index (χ0n) is 17.2. The summed E-state index contributed by atoms with van der Waals surface area (Å²) in [6.07, 6.45) is 1.59. The Morgan fingerprint density at radius 2 is 1.93 bits per heavy atom. The van der Waals surface area contributed by atoms with Crippen LogP contribution in [0.4, 0.5) is 5.69 Å². The molecule has 152 valence electrons. The second-order valence-corrected chi connectivity index (χ2v) is 8.09. The van der Waals surface area contributed by atoms with Crippen LogP contribution in [-0.2, 0) is 9.59 Å². The van der Waals surface area contributed by atoms with Crippen molar-refractivity contribution < 1.29 is 14.3 Å². The fourth-order valence-corrected chi connectivity index (χ4v) is 4.46. The van der Waals surface area contributed by atoms with Gasteiger partial charge in [0.05, 0.1) is 13.0 Å². The van der Waals surface area contributed by atoms with Gasteiger partial charge in [-0.1, -0.05) is 30.3 Å². The number of thioether (sulfide) groups is 1. The highest BCUT2D eigenvalue weighted by Gasteiger charge is 2.34. The first-order valence-corrected chi connectivity index (χ1v) is 10.6. The first-order valence-electron chi connectivity index (χ1n) is 9.49. The van der Waals surface area contributed by atoms with E-state index in [0.717, 1.165) is 28.0 Å². The van der Waals surface area contributed by atoms with Gasteiger partial charge in [-0.2, -0.15) is 0 Å². The third-order valence-corrected chi connectivity index (χ3v) is 6.21. The van der Waals surface area contributed by atoms with Gasteiger partial charge in [0.15, 0.2) is 0 Å². The van der Waals surface area contributed by atoms with Crippen molar-refractivity contribution in [3.63, 3.8) is 0 Å². The quantitative estimate of drug-likeness (QED) is 0.749. The molecule has 1 heterocycles. The minimum absolute atomic E-state index is 0.152. The molecule has 0 radical (unpaired) electrons. The molecule has 0 aliphatic carbocycles. The van der Waals surface area contributed by atoms with Crippen molar-refractivity contribution in [2.45, 2.75) is 26.8 Å². The molecule has 1 atom stereocenters. The third-order valence-electron chi connectivity index (χ3n) is 5.20. The molecule has 2 aromatic carbocycles. The van der Waals surface area contributed by atoms with Crippen LogP contribution in [0.15, 0.2) is 48.5 Å². The number of nitrogens with one attached hydrogen (secondary N) is 1. The van der Waals surface area contributed by atoms with Gasteiger partial charge in [0.1, 0.15) is 11.8 Å². The average molecular weight is 411 g/mol. The first kappa shape index (κ1) is 21.0. The molecule has 3 rings (SSSR count). The summed E-state index contributed by atoms with van der Waals surface area (Å²) < 4.78 is 5.39. The number of benzene rings is 2. The van der Waals surface area contributed by atoms with Crippen LogP contribution in [0.3, 0.4) is 0 Å². The smallest absolute Gasteiger partial charge is 0.248 e. The zero-order valence-corrected chi connectivity index (χ0v) is 18.0. The van der Waals surface area contributed by atoms with E-state index >= 15 is 0 Å². The monoisotopic (exact) mass is 410 g/mol. The van der Waals surface area contributed by atoms with Gasteiger partial charge in [-0.3, -0.25) is 9.59 Å². The van der Waals surface area contributed by atoms with E-state index in [2.05, 4.69) is 5.32 Å². The van der Waals surface area contributed by atoms with Gasteiger partial charge < -0.3 is 15.0 Å². The normalized spacial score (nSPS) is 16.6. The number of amides is 2. The molecular formula is C23H26N2O3S. The summed E-state index contributed by atoms with van der Waals surface area (Å²) in [4.78, 5) is 27.5. The maximum Gasteiger partial charge on any atom is 0.248 e. The molecule has 0 bridgehead atoms. The van der Waals surface area contributed by atoms with Gasteiger partial charge in [0, 0.05) is 23.1 Å². The second kappa shape index (κ2) is 9.18. The Labute approximate surface area is 176 Å². The molecule has 0 saturated carbocycles. The minimum Gasteiger partial charge on any atom is -0.496 e. The van der Waals surface area contributed by atoms with Crippen molar-refractivity contribution in [3.8, 4) is 5.75 Å². The van der Waals surface area contributed by atoms with Gasteiger partial charge in [0.25, 0.3) is 0 Å². The van der Waals surface area contributed by atoms with Gasteiger partial charge in [-0.15, -0.1) is 11.8 Å². The SMILES string of the molecule is COc1ccccc1C(C)=CC(=O)N1CSCC1C(=O)Nc1cccc(C)c1C. The topological polar surface area (TPSA) is 58.6 Å². The number of hydrogen-bond acceptors (Lipinski definition) is 4. The van der Waals surface area contributed by atoms with Crippen LogP contribution in [0.1, 0.15) is 23.6 Å². The molecule has 6 heteroatoms. The standard InChI is InChI=1S/C23H26N2O3S/c1-15-8-7-10-19(17(15)3)24-23(27)20-13-29-14-25(20)22(26)12-16(2)18-9-5-6-11-21(18)28-4/h5-12,20H,13-14H2,1-4H3,(H,24,27). The lowest BCUT2D eigenvalue weighted by Gasteiger charge is -2.23. The maximum atomic E-state index is 12.9. The number of nitrogens with zero attached hydrogens (tertiary/aromatic N) is 1. The predicted molar refractivity (Wildman–Crippen MR) is 119 cm³/mol. The van der Waals surface area contributed by atoms with E-state index in [9.17, 15) is 9.59 Å². The van der Waals surface area contributed by atoms with Crippen LogP contribution in [0.5, 0.6) is 5.75 Å². The summed E-state index contributed by atoms with van der Waals surface area (Å²) in [5, 5.41) is 2.99.